The van der Waals surface area contributed by atoms with Crippen molar-refractivity contribution in [2.45, 2.75) is 40.2 Å². The van der Waals surface area contributed by atoms with Gasteiger partial charge in [0.25, 0.3) is 0 Å². The molecule has 0 saturated heterocycles. The number of nitrogen functional groups attached to an aromatic ring is 1. The zero-order valence-electron chi connectivity index (χ0n) is 11.1. The van der Waals surface area contributed by atoms with Crippen LogP contribution in [0.1, 0.15) is 33.3 Å². The molecule has 0 saturated carbocycles. The Morgan fingerprint density at radius 1 is 1.35 bits per heavy atom. The highest BCUT2D eigenvalue weighted by molar-refractivity contribution is 5.80. The molecule has 3 heteroatoms. The quantitative estimate of drug-likeness (QED) is 0.789. The van der Waals surface area contributed by atoms with Crippen molar-refractivity contribution in [2.75, 3.05) is 5.73 Å². The topological polar surface area (TPSA) is 55.1 Å². The molecule has 0 radical (unpaired) electrons. The van der Waals surface area contributed by atoms with Crippen molar-refractivity contribution in [3.05, 3.63) is 29.8 Å². The molecule has 0 heterocycles. The Bertz CT molecular complexity index is 393. The number of hydrogen-bond donors (Lipinski definition) is 2. The number of carbonyl (C=O) groups excluding carboxylic acids is 1. The maximum atomic E-state index is 11.9. The highest BCUT2D eigenvalue weighted by atomic mass is 16.1. The van der Waals surface area contributed by atoms with E-state index in [-0.39, 0.29) is 17.4 Å². The van der Waals surface area contributed by atoms with Crippen LogP contribution in [0.5, 0.6) is 0 Å². The van der Waals surface area contributed by atoms with Gasteiger partial charge in [-0.25, -0.2) is 0 Å². The lowest BCUT2D eigenvalue weighted by molar-refractivity contribution is -0.121. The summed E-state index contributed by atoms with van der Waals surface area (Å²) < 4.78 is 0. The largest absolute Gasteiger partial charge is 0.398 e. The Kier molecular flexibility index (Phi) is 4.16. The van der Waals surface area contributed by atoms with E-state index in [2.05, 4.69) is 26.1 Å². The first-order valence-electron chi connectivity index (χ1n) is 5.93. The molecular weight excluding hydrogens is 212 g/mol. The van der Waals surface area contributed by atoms with Gasteiger partial charge in [0.1, 0.15) is 0 Å². The number of hydrogen-bond acceptors (Lipinski definition) is 2. The van der Waals surface area contributed by atoms with E-state index >= 15 is 0 Å². The lowest BCUT2D eigenvalue weighted by Gasteiger charge is -2.28. The summed E-state index contributed by atoms with van der Waals surface area (Å²) in [6, 6.07) is 7.60. The SMILES string of the molecule is CC(NC(=O)Cc1ccccc1N)C(C)(C)C. The zero-order valence-corrected chi connectivity index (χ0v) is 11.1. The van der Waals surface area contributed by atoms with Gasteiger partial charge in [0.2, 0.25) is 5.91 Å². The molecule has 0 aliphatic heterocycles. The summed E-state index contributed by atoms with van der Waals surface area (Å²) >= 11 is 0. The van der Waals surface area contributed by atoms with Gasteiger partial charge in [-0.2, -0.15) is 0 Å². The summed E-state index contributed by atoms with van der Waals surface area (Å²) in [4.78, 5) is 11.9. The minimum absolute atomic E-state index is 0.0188. The van der Waals surface area contributed by atoms with Crippen LogP contribution in [0, 0.1) is 5.41 Å². The van der Waals surface area contributed by atoms with Gasteiger partial charge in [-0.1, -0.05) is 39.0 Å². The van der Waals surface area contributed by atoms with Crippen LogP contribution in [-0.4, -0.2) is 11.9 Å². The molecule has 1 rings (SSSR count). The van der Waals surface area contributed by atoms with Gasteiger partial charge in [0.05, 0.1) is 6.42 Å². The lowest BCUT2D eigenvalue weighted by Crippen LogP contribution is -2.42. The van der Waals surface area contributed by atoms with Crippen LogP contribution >= 0.6 is 0 Å². The highest BCUT2D eigenvalue weighted by Gasteiger charge is 2.21. The van der Waals surface area contributed by atoms with Crippen molar-refractivity contribution in [1.29, 1.82) is 0 Å². The lowest BCUT2D eigenvalue weighted by atomic mass is 9.88. The van der Waals surface area contributed by atoms with E-state index in [1.54, 1.807) is 0 Å². The second-order valence-corrected chi connectivity index (χ2v) is 5.53. The van der Waals surface area contributed by atoms with Crippen LogP contribution in [-0.2, 0) is 11.2 Å². The smallest absolute Gasteiger partial charge is 0.224 e. The Morgan fingerprint density at radius 2 is 1.94 bits per heavy atom. The third-order valence-electron chi connectivity index (χ3n) is 3.08. The van der Waals surface area contributed by atoms with Crippen molar-refractivity contribution in [3.8, 4) is 0 Å². The van der Waals surface area contributed by atoms with E-state index < -0.39 is 0 Å². The van der Waals surface area contributed by atoms with E-state index in [4.69, 9.17) is 5.73 Å². The molecule has 3 N–H and O–H groups in total. The Hall–Kier alpha value is -1.51. The summed E-state index contributed by atoms with van der Waals surface area (Å²) in [5, 5.41) is 3.00. The molecule has 17 heavy (non-hydrogen) atoms. The molecular formula is C14H22N2O. The average Bonchev–Trinajstić information content (AvgIpc) is 2.20. The Balaban J connectivity index is 2.60. The van der Waals surface area contributed by atoms with E-state index in [9.17, 15) is 4.79 Å². The molecule has 1 unspecified atom stereocenters. The van der Waals surface area contributed by atoms with Crippen LogP contribution in [0.4, 0.5) is 5.69 Å². The molecule has 0 spiro atoms. The number of amides is 1. The molecule has 94 valence electrons. The fourth-order valence-electron chi connectivity index (χ4n) is 1.38. The predicted molar refractivity (Wildman–Crippen MR) is 71.6 cm³/mol. The fraction of sp³-hybridized carbons (Fsp3) is 0.500. The van der Waals surface area contributed by atoms with Gasteiger partial charge in [-0.15, -0.1) is 0 Å². The fourth-order valence-corrected chi connectivity index (χ4v) is 1.38. The first kappa shape index (κ1) is 13.6. The standard InChI is InChI=1S/C14H22N2O/c1-10(14(2,3)4)16-13(17)9-11-7-5-6-8-12(11)15/h5-8,10H,9,15H2,1-4H3,(H,16,17). The minimum Gasteiger partial charge on any atom is -0.398 e. The summed E-state index contributed by atoms with van der Waals surface area (Å²) in [5.41, 5.74) is 7.43. The number of rotatable bonds is 3. The molecule has 1 atom stereocenters. The normalized spacial score (nSPS) is 13.2. The first-order valence-corrected chi connectivity index (χ1v) is 5.93. The summed E-state index contributed by atoms with van der Waals surface area (Å²) in [6.45, 7) is 8.34. The molecule has 1 aromatic carbocycles. The average molecular weight is 234 g/mol. The monoisotopic (exact) mass is 234 g/mol. The maximum absolute atomic E-state index is 11.9. The van der Waals surface area contributed by atoms with E-state index in [1.165, 1.54) is 0 Å². The van der Waals surface area contributed by atoms with Gasteiger partial charge in [0, 0.05) is 11.7 Å². The van der Waals surface area contributed by atoms with Crippen LogP contribution in [0.3, 0.4) is 0 Å². The zero-order chi connectivity index (χ0) is 13.1. The minimum atomic E-state index is 0.0188. The summed E-state index contributed by atoms with van der Waals surface area (Å²) in [5.74, 6) is 0.0188. The number of para-hydroxylation sites is 1. The Labute approximate surface area is 103 Å². The molecule has 0 aliphatic carbocycles. The molecule has 0 fully saturated rings. The highest BCUT2D eigenvalue weighted by Crippen LogP contribution is 2.19. The van der Waals surface area contributed by atoms with Gasteiger partial charge in [0.15, 0.2) is 0 Å². The molecule has 1 amide bonds. The van der Waals surface area contributed by atoms with E-state index in [1.807, 2.05) is 31.2 Å². The molecule has 1 aromatic rings. The van der Waals surface area contributed by atoms with Crippen molar-refractivity contribution >= 4 is 11.6 Å². The van der Waals surface area contributed by atoms with Gasteiger partial charge < -0.3 is 11.1 Å². The first-order chi connectivity index (χ1) is 7.80. The number of nitrogens with two attached hydrogens (primary N) is 1. The van der Waals surface area contributed by atoms with Crippen molar-refractivity contribution in [3.63, 3.8) is 0 Å². The third-order valence-corrected chi connectivity index (χ3v) is 3.08. The number of anilines is 1. The molecule has 0 aliphatic rings. The van der Waals surface area contributed by atoms with Crippen LogP contribution in [0.15, 0.2) is 24.3 Å². The van der Waals surface area contributed by atoms with Gasteiger partial charge in [-0.3, -0.25) is 4.79 Å². The van der Waals surface area contributed by atoms with Crippen LogP contribution in [0.2, 0.25) is 0 Å². The number of carbonyl (C=O) groups is 1. The third kappa shape index (κ3) is 4.10. The van der Waals surface area contributed by atoms with E-state index in [0.717, 1.165) is 5.56 Å². The van der Waals surface area contributed by atoms with E-state index in [0.29, 0.717) is 12.1 Å². The number of benzene rings is 1. The van der Waals surface area contributed by atoms with Gasteiger partial charge in [-0.05, 0) is 24.0 Å². The van der Waals surface area contributed by atoms with Gasteiger partial charge >= 0.3 is 0 Å². The Morgan fingerprint density at radius 3 is 2.47 bits per heavy atom. The second kappa shape index (κ2) is 5.21. The van der Waals surface area contributed by atoms with Crippen LogP contribution < -0.4 is 11.1 Å². The van der Waals surface area contributed by atoms with Crippen molar-refractivity contribution in [2.24, 2.45) is 5.41 Å². The summed E-state index contributed by atoms with van der Waals surface area (Å²) in [6.07, 6.45) is 0.340. The van der Waals surface area contributed by atoms with Crippen molar-refractivity contribution < 1.29 is 4.79 Å². The second-order valence-electron chi connectivity index (χ2n) is 5.53. The molecule has 3 nitrogen and oxygen atoms in total. The summed E-state index contributed by atoms with van der Waals surface area (Å²) in [7, 11) is 0. The van der Waals surface area contributed by atoms with Crippen LogP contribution in [0.25, 0.3) is 0 Å². The van der Waals surface area contributed by atoms with Crippen molar-refractivity contribution in [1.82, 2.24) is 5.32 Å². The molecule has 0 bridgehead atoms. The maximum Gasteiger partial charge on any atom is 0.224 e. The predicted octanol–water partition coefficient (Wildman–Crippen LogP) is 2.36. The molecule has 0 aromatic heterocycles. The number of nitrogens with one attached hydrogen (secondary N) is 1.